The van der Waals surface area contributed by atoms with Gasteiger partial charge in [-0.3, -0.25) is 4.31 Å². The number of anilines is 1. The number of rotatable bonds is 7. The molecule has 2 heterocycles. The molecule has 0 fully saturated rings. The van der Waals surface area contributed by atoms with E-state index in [9.17, 15) is 8.42 Å². The standard InChI is InChI=1S/C22H24N6O3S/c1-22(23,14-15-7-5-4-6-8-15)21-27-26-20(31-21)17-11-16(19-24-9-10-25-19)12-18(13-17)28(2)32(3,29)30/h4-13H,14,23H2,1-3H3,(H,24,25). The smallest absolute Gasteiger partial charge is 0.247 e. The van der Waals surface area contributed by atoms with Crippen LogP contribution in [-0.2, 0) is 22.0 Å². The molecule has 4 aromatic rings. The Kier molecular flexibility index (Phi) is 5.57. The number of aromatic amines is 1. The van der Waals surface area contributed by atoms with E-state index in [4.69, 9.17) is 10.2 Å². The average Bonchev–Trinajstić information content (AvgIpc) is 3.45. The van der Waals surface area contributed by atoms with Gasteiger partial charge < -0.3 is 15.1 Å². The molecular weight excluding hydrogens is 428 g/mol. The van der Waals surface area contributed by atoms with Crippen LogP contribution in [0.2, 0.25) is 0 Å². The highest BCUT2D eigenvalue weighted by Crippen LogP contribution is 2.32. The number of benzene rings is 2. The number of hydrogen-bond donors (Lipinski definition) is 2. The normalized spacial score (nSPS) is 13.6. The maximum absolute atomic E-state index is 12.1. The van der Waals surface area contributed by atoms with Gasteiger partial charge in [-0.05, 0) is 37.1 Å². The van der Waals surface area contributed by atoms with Crippen LogP contribution in [0.4, 0.5) is 5.69 Å². The molecule has 0 spiro atoms. The van der Waals surface area contributed by atoms with E-state index in [0.717, 1.165) is 11.8 Å². The van der Waals surface area contributed by atoms with Gasteiger partial charge in [-0.2, -0.15) is 0 Å². The van der Waals surface area contributed by atoms with Crippen LogP contribution >= 0.6 is 0 Å². The van der Waals surface area contributed by atoms with Crippen LogP contribution in [0.1, 0.15) is 18.4 Å². The summed E-state index contributed by atoms with van der Waals surface area (Å²) in [5.41, 5.74) is 8.35. The summed E-state index contributed by atoms with van der Waals surface area (Å²) in [6, 6.07) is 15.0. The van der Waals surface area contributed by atoms with E-state index in [1.165, 1.54) is 11.4 Å². The molecule has 1 atom stereocenters. The van der Waals surface area contributed by atoms with Gasteiger partial charge in [0.05, 0.1) is 17.5 Å². The topological polar surface area (TPSA) is 131 Å². The van der Waals surface area contributed by atoms with Crippen molar-refractivity contribution in [2.75, 3.05) is 17.6 Å². The van der Waals surface area contributed by atoms with E-state index in [1.54, 1.807) is 30.6 Å². The van der Waals surface area contributed by atoms with Crippen molar-refractivity contribution in [2.24, 2.45) is 5.73 Å². The highest BCUT2D eigenvalue weighted by atomic mass is 32.2. The fraction of sp³-hybridized carbons (Fsp3) is 0.227. The second-order valence-electron chi connectivity index (χ2n) is 7.93. The summed E-state index contributed by atoms with van der Waals surface area (Å²) in [6.45, 7) is 1.83. The zero-order valence-electron chi connectivity index (χ0n) is 18.0. The summed E-state index contributed by atoms with van der Waals surface area (Å²) in [6.07, 6.45) is 4.97. The lowest BCUT2D eigenvalue weighted by Crippen LogP contribution is -2.35. The average molecular weight is 453 g/mol. The van der Waals surface area contributed by atoms with E-state index in [0.29, 0.717) is 29.1 Å². The molecule has 166 valence electrons. The minimum absolute atomic E-state index is 0.237. The number of aromatic nitrogens is 4. The molecule has 0 aliphatic heterocycles. The number of hydrogen-bond acceptors (Lipinski definition) is 7. The van der Waals surface area contributed by atoms with E-state index < -0.39 is 15.6 Å². The molecule has 3 N–H and O–H groups in total. The Bertz CT molecular complexity index is 1310. The third kappa shape index (κ3) is 4.56. The van der Waals surface area contributed by atoms with Crippen molar-refractivity contribution < 1.29 is 12.8 Å². The fourth-order valence-corrected chi connectivity index (χ4v) is 3.82. The van der Waals surface area contributed by atoms with Gasteiger partial charge in [0.25, 0.3) is 0 Å². The van der Waals surface area contributed by atoms with E-state index in [2.05, 4.69) is 20.2 Å². The first-order chi connectivity index (χ1) is 15.1. The second kappa shape index (κ2) is 8.21. The van der Waals surface area contributed by atoms with Crippen molar-refractivity contribution in [3.8, 4) is 22.8 Å². The second-order valence-corrected chi connectivity index (χ2v) is 9.94. The largest absolute Gasteiger partial charge is 0.419 e. The summed E-state index contributed by atoms with van der Waals surface area (Å²) in [7, 11) is -1.99. The molecule has 10 heteroatoms. The Labute approximate surface area is 186 Å². The third-order valence-electron chi connectivity index (χ3n) is 5.13. The van der Waals surface area contributed by atoms with Crippen molar-refractivity contribution >= 4 is 15.7 Å². The first-order valence-corrected chi connectivity index (χ1v) is 11.7. The molecule has 0 aliphatic carbocycles. The van der Waals surface area contributed by atoms with Gasteiger partial charge in [-0.25, -0.2) is 13.4 Å². The first kappa shape index (κ1) is 21.7. The summed E-state index contributed by atoms with van der Waals surface area (Å²) in [5.74, 6) is 1.11. The summed E-state index contributed by atoms with van der Waals surface area (Å²) in [4.78, 5) is 7.29. The van der Waals surface area contributed by atoms with Crippen LogP contribution in [0.3, 0.4) is 0 Å². The molecule has 0 radical (unpaired) electrons. The van der Waals surface area contributed by atoms with Gasteiger partial charge in [-0.1, -0.05) is 30.3 Å². The zero-order valence-corrected chi connectivity index (χ0v) is 18.8. The minimum atomic E-state index is -3.48. The van der Waals surface area contributed by atoms with Crippen LogP contribution in [-0.4, -0.2) is 41.9 Å². The number of imidazole rings is 1. The van der Waals surface area contributed by atoms with Gasteiger partial charge in [0.15, 0.2) is 0 Å². The lowest BCUT2D eigenvalue weighted by molar-refractivity contribution is 0.355. The van der Waals surface area contributed by atoms with Crippen molar-refractivity contribution in [3.63, 3.8) is 0 Å². The molecule has 0 amide bonds. The lowest BCUT2D eigenvalue weighted by Gasteiger charge is -2.20. The molecule has 4 rings (SSSR count). The van der Waals surface area contributed by atoms with Crippen molar-refractivity contribution in [2.45, 2.75) is 18.9 Å². The van der Waals surface area contributed by atoms with Crippen LogP contribution in [0.25, 0.3) is 22.8 Å². The summed E-state index contributed by atoms with van der Waals surface area (Å²) >= 11 is 0. The number of sulfonamides is 1. The quantitative estimate of drug-likeness (QED) is 0.441. The zero-order chi connectivity index (χ0) is 22.9. The highest BCUT2D eigenvalue weighted by molar-refractivity contribution is 7.92. The van der Waals surface area contributed by atoms with Crippen molar-refractivity contribution in [1.29, 1.82) is 0 Å². The van der Waals surface area contributed by atoms with Gasteiger partial charge >= 0.3 is 0 Å². The number of nitrogens with two attached hydrogens (primary N) is 1. The molecule has 9 nitrogen and oxygen atoms in total. The molecule has 1 unspecified atom stereocenters. The Morgan fingerprint density at radius 1 is 1.12 bits per heavy atom. The Balaban J connectivity index is 1.73. The van der Waals surface area contributed by atoms with Gasteiger partial charge in [0.2, 0.25) is 21.8 Å². The fourth-order valence-electron chi connectivity index (χ4n) is 3.33. The van der Waals surface area contributed by atoms with E-state index in [-0.39, 0.29) is 11.8 Å². The predicted octanol–water partition coefficient (Wildman–Crippen LogP) is 2.94. The molecule has 0 saturated heterocycles. The molecule has 2 aromatic heterocycles. The maximum Gasteiger partial charge on any atom is 0.247 e. The summed E-state index contributed by atoms with van der Waals surface area (Å²) < 4.78 is 31.4. The Hall–Kier alpha value is -3.50. The van der Waals surface area contributed by atoms with E-state index in [1.807, 2.05) is 37.3 Å². The predicted molar refractivity (Wildman–Crippen MR) is 122 cm³/mol. The number of nitrogens with one attached hydrogen (secondary N) is 1. The van der Waals surface area contributed by atoms with Crippen LogP contribution in [0.15, 0.2) is 65.3 Å². The van der Waals surface area contributed by atoms with Crippen LogP contribution < -0.4 is 10.0 Å². The Morgan fingerprint density at radius 3 is 2.50 bits per heavy atom. The van der Waals surface area contributed by atoms with Gasteiger partial charge in [0, 0.05) is 30.6 Å². The molecule has 2 aromatic carbocycles. The minimum Gasteiger partial charge on any atom is -0.419 e. The molecule has 32 heavy (non-hydrogen) atoms. The number of H-pyrrole nitrogens is 1. The lowest BCUT2D eigenvalue weighted by atomic mass is 9.94. The van der Waals surface area contributed by atoms with Gasteiger partial charge in [0.1, 0.15) is 5.82 Å². The van der Waals surface area contributed by atoms with E-state index >= 15 is 0 Å². The van der Waals surface area contributed by atoms with Crippen molar-refractivity contribution in [3.05, 3.63) is 72.4 Å². The molecule has 0 saturated carbocycles. The third-order valence-corrected chi connectivity index (χ3v) is 6.33. The number of nitrogens with zero attached hydrogens (tertiary/aromatic N) is 4. The monoisotopic (exact) mass is 452 g/mol. The SMILES string of the molecule is CN(c1cc(-c2ncc[nH]2)cc(-c2nnc(C(C)(N)Cc3ccccc3)o2)c1)S(C)(=O)=O. The molecule has 0 bridgehead atoms. The molecule has 0 aliphatic rings. The van der Waals surface area contributed by atoms with Crippen molar-refractivity contribution in [1.82, 2.24) is 20.2 Å². The van der Waals surface area contributed by atoms with Gasteiger partial charge in [-0.15, -0.1) is 10.2 Å². The first-order valence-electron chi connectivity index (χ1n) is 9.89. The van der Waals surface area contributed by atoms with Crippen LogP contribution in [0.5, 0.6) is 0 Å². The van der Waals surface area contributed by atoms with Crippen LogP contribution in [0, 0.1) is 0 Å². The summed E-state index contributed by atoms with van der Waals surface area (Å²) in [5, 5.41) is 8.36. The highest BCUT2D eigenvalue weighted by Gasteiger charge is 2.29. The molecular formula is C22H24N6O3S. The maximum atomic E-state index is 12.1. The Morgan fingerprint density at radius 2 is 1.84 bits per heavy atom.